The molecule has 1 aliphatic heterocycles. The van der Waals surface area contributed by atoms with E-state index in [-0.39, 0.29) is 0 Å². The van der Waals surface area contributed by atoms with Gasteiger partial charge in [-0.15, -0.1) is 0 Å². The van der Waals surface area contributed by atoms with E-state index in [1.54, 1.807) is 0 Å². The van der Waals surface area contributed by atoms with Crippen LogP contribution in [0.2, 0.25) is 0 Å². The van der Waals surface area contributed by atoms with Gasteiger partial charge in [-0.2, -0.15) is 0 Å². The summed E-state index contributed by atoms with van der Waals surface area (Å²) in [6, 6.07) is 0. The Morgan fingerprint density at radius 2 is 1.18 bits per heavy atom. The number of hydrogen-bond donors (Lipinski definition) is 0. The molecule has 0 bridgehead atoms. The molecule has 0 N–H and O–H groups in total. The minimum atomic E-state index is -6.36. The van der Waals surface area contributed by atoms with Gasteiger partial charge in [0.25, 0.3) is 0 Å². The molecule has 2 nitrogen and oxygen atoms in total. The Balaban J connectivity index is 3.24. The molecule has 1 fully saturated rings. The number of hydrogen-bond acceptors (Lipinski definition) is 2. The molecule has 1 heterocycles. The quantitative estimate of drug-likeness (QED) is 0.505. The normalized spacial score (nSPS) is 38.5. The van der Waals surface area contributed by atoms with E-state index in [0.29, 0.717) is 0 Å². The van der Waals surface area contributed by atoms with Crippen molar-refractivity contribution < 1.29 is 49.0 Å². The SMILES string of the molecule is FC(F)(F)[C]1([K])OC(F)(F)C(F)(C(F)(F)F)O1. The van der Waals surface area contributed by atoms with Gasteiger partial charge in [0.2, 0.25) is 0 Å². The third-order valence-electron chi connectivity index (χ3n) is 1.91. The molecule has 1 aliphatic rings. The summed E-state index contributed by atoms with van der Waals surface area (Å²) in [5.74, 6) is -5.81. The van der Waals surface area contributed by atoms with Crippen LogP contribution < -0.4 is 0 Å². The molecule has 0 amide bonds. The predicted molar refractivity (Wildman–Crippen MR) is 31.6 cm³/mol. The van der Waals surface area contributed by atoms with Crippen LogP contribution in [0.3, 0.4) is 0 Å². The van der Waals surface area contributed by atoms with Crippen LogP contribution in [-0.2, 0) is 9.47 Å². The maximum atomic E-state index is 12.9. The fraction of sp³-hybridized carbons (Fsp3) is 1.00. The molecule has 0 radical (unpaired) electrons. The Labute approximate surface area is 121 Å². The Hall–Kier alpha value is 0.926. The fourth-order valence-corrected chi connectivity index (χ4v) is 1.84. The summed E-state index contributed by atoms with van der Waals surface area (Å²) in [4.78, 5) is 0. The third-order valence-corrected chi connectivity index (χ3v) is 3.44. The van der Waals surface area contributed by atoms with E-state index in [4.69, 9.17) is 0 Å². The molecule has 0 aromatic heterocycles. The van der Waals surface area contributed by atoms with Gasteiger partial charge < -0.3 is 0 Å². The first-order chi connectivity index (χ1) is 7.16. The van der Waals surface area contributed by atoms with Gasteiger partial charge >= 0.3 is 122 Å². The van der Waals surface area contributed by atoms with Gasteiger partial charge in [-0.25, -0.2) is 0 Å². The first-order valence-corrected chi connectivity index (χ1v) is 5.33. The molecule has 0 spiro atoms. The van der Waals surface area contributed by atoms with Crippen molar-refractivity contribution in [3.63, 3.8) is 0 Å². The molecule has 17 heavy (non-hydrogen) atoms. The molecule has 2 unspecified atom stereocenters. The molecular weight excluding hydrogens is 302 g/mol. The van der Waals surface area contributed by atoms with Gasteiger partial charge in [-0.05, 0) is 0 Å². The summed E-state index contributed by atoms with van der Waals surface area (Å²) in [6.07, 6.45) is -17.8. The molecule has 12 heteroatoms. The summed E-state index contributed by atoms with van der Waals surface area (Å²) >= 11 is -1.89. The second kappa shape index (κ2) is 3.96. The molecule has 0 aliphatic carbocycles. The molecule has 2 atom stereocenters. The van der Waals surface area contributed by atoms with E-state index in [1.165, 1.54) is 0 Å². The number of halogens is 9. The second-order valence-corrected chi connectivity index (χ2v) is 5.31. The number of ether oxygens (including phenoxy) is 2. The molecule has 1 rings (SSSR count). The van der Waals surface area contributed by atoms with E-state index >= 15 is 0 Å². The minimum absolute atomic E-state index is 1.89. The Bertz CT molecular complexity index is 324. The molecule has 0 saturated carbocycles. The van der Waals surface area contributed by atoms with Gasteiger partial charge in [0.15, 0.2) is 0 Å². The number of alkyl halides is 9. The van der Waals surface area contributed by atoms with Crippen LogP contribution in [0.15, 0.2) is 0 Å². The van der Waals surface area contributed by atoms with Crippen molar-refractivity contribution in [3.8, 4) is 0 Å². The third kappa shape index (κ3) is 2.37. The fourth-order valence-electron chi connectivity index (χ4n) is 0.997. The van der Waals surface area contributed by atoms with E-state index in [2.05, 4.69) is 9.47 Å². The zero-order valence-electron chi connectivity index (χ0n) is 7.72. The van der Waals surface area contributed by atoms with Crippen molar-refractivity contribution >= 4 is 49.0 Å². The number of rotatable bonds is 0. The van der Waals surface area contributed by atoms with E-state index in [1.807, 2.05) is 0 Å². The molecule has 1 saturated heterocycles. The summed E-state index contributed by atoms with van der Waals surface area (Å²) in [5.41, 5.74) is 0. The zero-order chi connectivity index (χ0) is 13.9. The summed E-state index contributed by atoms with van der Waals surface area (Å²) < 4.78 is 112. The van der Waals surface area contributed by atoms with Gasteiger partial charge in [0.05, 0.1) is 0 Å². The van der Waals surface area contributed by atoms with Gasteiger partial charge in [0.1, 0.15) is 0 Å². The van der Waals surface area contributed by atoms with Crippen molar-refractivity contribution in [2.75, 3.05) is 0 Å². The van der Waals surface area contributed by atoms with Crippen LogP contribution >= 0.6 is 0 Å². The monoisotopic (exact) mass is 302 g/mol. The van der Waals surface area contributed by atoms with Crippen molar-refractivity contribution in [3.05, 3.63) is 0 Å². The van der Waals surface area contributed by atoms with Crippen LogP contribution in [0.4, 0.5) is 39.5 Å². The van der Waals surface area contributed by atoms with Crippen LogP contribution in [0, 0.1) is 0 Å². The second-order valence-electron chi connectivity index (χ2n) is 3.26. The summed E-state index contributed by atoms with van der Waals surface area (Å²) in [6.45, 7) is 0. The zero-order valence-corrected chi connectivity index (χ0v) is 10.8. The van der Waals surface area contributed by atoms with Gasteiger partial charge in [-0.3, -0.25) is 0 Å². The van der Waals surface area contributed by atoms with Crippen LogP contribution in [0.5, 0.6) is 0 Å². The first-order valence-electron chi connectivity index (χ1n) is 3.77. The van der Waals surface area contributed by atoms with Crippen LogP contribution in [0.25, 0.3) is 0 Å². The van der Waals surface area contributed by atoms with Crippen molar-refractivity contribution in [1.82, 2.24) is 0 Å². The molecular formula is C5F9KO2. The molecule has 0 aromatic carbocycles. The maximum absolute atomic E-state index is 12.9. The Morgan fingerprint density at radius 3 is 1.35 bits per heavy atom. The summed E-state index contributed by atoms with van der Waals surface area (Å²) in [7, 11) is 0. The molecule has 96 valence electrons. The van der Waals surface area contributed by atoms with Crippen molar-refractivity contribution in [2.24, 2.45) is 0 Å². The Kier molecular flexibility index (Phi) is 3.72. The molecule has 0 aromatic rings. The van der Waals surface area contributed by atoms with Crippen LogP contribution in [-0.4, -0.2) is 73.2 Å². The van der Waals surface area contributed by atoms with E-state index < -0.39 is 73.2 Å². The van der Waals surface area contributed by atoms with Gasteiger partial charge in [0, 0.05) is 0 Å². The van der Waals surface area contributed by atoms with E-state index in [9.17, 15) is 39.5 Å². The topological polar surface area (TPSA) is 18.5 Å². The first kappa shape index (κ1) is 16.0. The Morgan fingerprint density at radius 1 is 0.765 bits per heavy atom. The van der Waals surface area contributed by atoms with Gasteiger partial charge in [-0.1, -0.05) is 0 Å². The van der Waals surface area contributed by atoms with E-state index in [0.717, 1.165) is 0 Å². The average molecular weight is 302 g/mol. The predicted octanol–water partition coefficient (Wildman–Crippen LogP) is 2.24. The van der Waals surface area contributed by atoms with Crippen molar-refractivity contribution in [1.29, 1.82) is 0 Å². The standard InChI is InChI=1S/C5F9O2.K/c6-2(7,8)1-15-3(9,4(10,11)12)5(13,14)16-1;. The van der Waals surface area contributed by atoms with Crippen molar-refractivity contribution in [2.45, 2.75) is 24.2 Å². The summed E-state index contributed by atoms with van der Waals surface area (Å²) in [5, 5.41) is 0. The van der Waals surface area contributed by atoms with Crippen LogP contribution in [0.1, 0.15) is 0 Å². The average Bonchev–Trinajstić information content (AvgIpc) is 2.16.